The third-order valence-electron chi connectivity index (χ3n) is 3.32. The van der Waals surface area contributed by atoms with Gasteiger partial charge in [-0.05, 0) is 31.7 Å². The zero-order valence-electron chi connectivity index (χ0n) is 9.70. The maximum absolute atomic E-state index is 4.22. The van der Waals surface area contributed by atoms with Crippen molar-refractivity contribution in [1.29, 1.82) is 0 Å². The highest BCUT2D eigenvalue weighted by Gasteiger charge is 2.30. The Hall–Kier alpha value is -1.25. The minimum Gasteiger partial charge on any atom is -0.373 e. The quantitative estimate of drug-likeness (QED) is 0.818. The predicted octanol–water partition coefficient (Wildman–Crippen LogP) is 2.36. The van der Waals surface area contributed by atoms with E-state index in [2.05, 4.69) is 41.3 Å². The van der Waals surface area contributed by atoms with Crippen molar-refractivity contribution in [2.24, 2.45) is 5.92 Å². The molecule has 1 aromatic heterocycles. The summed E-state index contributed by atoms with van der Waals surface area (Å²) in [6.45, 7) is 2.30. The lowest BCUT2D eigenvalue weighted by molar-refractivity contribution is 0.609. The fourth-order valence-electron chi connectivity index (χ4n) is 1.91. The van der Waals surface area contributed by atoms with Crippen LogP contribution in [0.4, 0.5) is 11.5 Å². The van der Waals surface area contributed by atoms with Gasteiger partial charge in [0.25, 0.3) is 0 Å². The molecule has 1 fully saturated rings. The summed E-state index contributed by atoms with van der Waals surface area (Å²) >= 11 is 0. The van der Waals surface area contributed by atoms with Gasteiger partial charge >= 0.3 is 0 Å². The van der Waals surface area contributed by atoms with Crippen LogP contribution < -0.4 is 10.2 Å². The molecule has 1 saturated carbocycles. The summed E-state index contributed by atoms with van der Waals surface area (Å²) in [6, 6.07) is 4.80. The van der Waals surface area contributed by atoms with Gasteiger partial charge in [-0.1, -0.05) is 0 Å². The van der Waals surface area contributed by atoms with E-state index in [9.17, 15) is 0 Å². The Morgan fingerprint density at radius 3 is 2.87 bits per heavy atom. The first-order chi connectivity index (χ1) is 7.22. The highest BCUT2D eigenvalue weighted by molar-refractivity contribution is 5.53. The van der Waals surface area contributed by atoms with Crippen molar-refractivity contribution in [3.05, 3.63) is 18.3 Å². The number of rotatable bonds is 4. The van der Waals surface area contributed by atoms with Crippen LogP contribution in [0, 0.1) is 5.92 Å². The van der Waals surface area contributed by atoms with Crippen LogP contribution in [-0.4, -0.2) is 25.1 Å². The highest BCUT2D eigenvalue weighted by Crippen LogP contribution is 2.36. The molecule has 1 aromatic rings. The van der Waals surface area contributed by atoms with Crippen LogP contribution in [0.3, 0.4) is 0 Å². The van der Waals surface area contributed by atoms with Crippen LogP contribution in [0.5, 0.6) is 0 Å². The summed E-state index contributed by atoms with van der Waals surface area (Å²) in [4.78, 5) is 6.57. The Balaban J connectivity index is 2.12. The first kappa shape index (κ1) is 10.3. The Morgan fingerprint density at radius 1 is 1.53 bits per heavy atom. The van der Waals surface area contributed by atoms with Crippen LogP contribution in [0.2, 0.25) is 0 Å². The second-order valence-corrected chi connectivity index (χ2v) is 4.34. The summed E-state index contributed by atoms with van der Waals surface area (Å²) in [7, 11) is 4.06. The van der Waals surface area contributed by atoms with Gasteiger partial charge in [0, 0.05) is 38.1 Å². The molecule has 1 unspecified atom stereocenters. The van der Waals surface area contributed by atoms with Crippen molar-refractivity contribution in [2.45, 2.75) is 25.8 Å². The zero-order chi connectivity index (χ0) is 10.8. The van der Waals surface area contributed by atoms with Crippen LogP contribution in [-0.2, 0) is 0 Å². The lowest BCUT2D eigenvalue weighted by Gasteiger charge is -2.27. The minimum atomic E-state index is 0.636. The van der Waals surface area contributed by atoms with Crippen molar-refractivity contribution in [2.75, 3.05) is 24.3 Å². The molecule has 0 spiro atoms. The number of hydrogen-bond acceptors (Lipinski definition) is 3. The van der Waals surface area contributed by atoms with Crippen LogP contribution in [0.15, 0.2) is 18.3 Å². The summed E-state index contributed by atoms with van der Waals surface area (Å²) in [5.74, 6) is 1.82. The Bertz CT molecular complexity index is 333. The number of anilines is 2. The molecule has 1 aliphatic rings. The van der Waals surface area contributed by atoms with Crippen LogP contribution >= 0.6 is 0 Å². The molecule has 1 heterocycles. The molecule has 1 atom stereocenters. The van der Waals surface area contributed by atoms with E-state index in [0.29, 0.717) is 6.04 Å². The summed E-state index contributed by atoms with van der Waals surface area (Å²) in [5, 5.41) is 3.07. The first-order valence-corrected chi connectivity index (χ1v) is 5.59. The summed E-state index contributed by atoms with van der Waals surface area (Å²) in [6.07, 6.45) is 4.63. The molecule has 82 valence electrons. The molecule has 0 amide bonds. The number of nitrogens with zero attached hydrogens (tertiary/aromatic N) is 2. The number of hydrogen-bond donors (Lipinski definition) is 1. The molecule has 1 N–H and O–H groups in total. The van der Waals surface area contributed by atoms with Gasteiger partial charge in [-0.3, -0.25) is 0 Å². The summed E-state index contributed by atoms with van der Waals surface area (Å²) in [5.41, 5.74) is 1.24. The van der Waals surface area contributed by atoms with Crippen LogP contribution in [0.25, 0.3) is 0 Å². The molecular formula is C12H19N3. The SMILES string of the molecule is CNc1cc(N(C)C(C)C2CC2)ccn1. The van der Waals surface area contributed by atoms with E-state index in [0.717, 1.165) is 11.7 Å². The maximum atomic E-state index is 4.22. The Morgan fingerprint density at radius 2 is 2.27 bits per heavy atom. The monoisotopic (exact) mass is 205 g/mol. The van der Waals surface area contributed by atoms with Gasteiger partial charge in [-0.2, -0.15) is 0 Å². The second kappa shape index (κ2) is 4.09. The maximum Gasteiger partial charge on any atom is 0.127 e. The predicted molar refractivity (Wildman–Crippen MR) is 64.4 cm³/mol. The second-order valence-electron chi connectivity index (χ2n) is 4.34. The summed E-state index contributed by atoms with van der Waals surface area (Å²) < 4.78 is 0. The zero-order valence-corrected chi connectivity index (χ0v) is 9.70. The minimum absolute atomic E-state index is 0.636. The van der Waals surface area contributed by atoms with Crippen molar-refractivity contribution in [1.82, 2.24) is 4.98 Å². The van der Waals surface area contributed by atoms with Gasteiger partial charge in [0.2, 0.25) is 0 Å². The number of pyridine rings is 1. The van der Waals surface area contributed by atoms with Crippen molar-refractivity contribution in [3.8, 4) is 0 Å². The fraction of sp³-hybridized carbons (Fsp3) is 0.583. The third kappa shape index (κ3) is 2.22. The largest absolute Gasteiger partial charge is 0.373 e. The van der Waals surface area contributed by atoms with E-state index in [1.165, 1.54) is 18.5 Å². The van der Waals surface area contributed by atoms with Crippen molar-refractivity contribution < 1.29 is 0 Å². The third-order valence-corrected chi connectivity index (χ3v) is 3.32. The van der Waals surface area contributed by atoms with E-state index in [-0.39, 0.29) is 0 Å². The standard InChI is InChI=1S/C12H19N3/c1-9(10-4-5-10)15(3)11-6-7-14-12(8-11)13-2/h6-10H,4-5H2,1-3H3,(H,13,14). The van der Waals surface area contributed by atoms with Gasteiger partial charge in [-0.15, -0.1) is 0 Å². The molecule has 1 aliphatic carbocycles. The topological polar surface area (TPSA) is 28.2 Å². The normalized spacial score (nSPS) is 17.3. The molecule has 0 radical (unpaired) electrons. The van der Waals surface area contributed by atoms with E-state index < -0.39 is 0 Å². The van der Waals surface area contributed by atoms with Gasteiger partial charge in [0.15, 0.2) is 0 Å². The van der Waals surface area contributed by atoms with Gasteiger partial charge in [0.05, 0.1) is 0 Å². The average molecular weight is 205 g/mol. The smallest absolute Gasteiger partial charge is 0.127 e. The van der Waals surface area contributed by atoms with E-state index >= 15 is 0 Å². The van der Waals surface area contributed by atoms with Crippen molar-refractivity contribution in [3.63, 3.8) is 0 Å². The Labute approximate surface area is 91.5 Å². The Kier molecular flexibility index (Phi) is 2.80. The van der Waals surface area contributed by atoms with E-state index in [1.807, 2.05) is 13.2 Å². The van der Waals surface area contributed by atoms with Gasteiger partial charge in [0.1, 0.15) is 5.82 Å². The van der Waals surface area contributed by atoms with Gasteiger partial charge < -0.3 is 10.2 Å². The molecule has 15 heavy (non-hydrogen) atoms. The molecule has 2 rings (SSSR count). The number of aromatic nitrogens is 1. The van der Waals surface area contributed by atoms with E-state index in [1.54, 1.807) is 0 Å². The fourth-order valence-corrected chi connectivity index (χ4v) is 1.91. The van der Waals surface area contributed by atoms with E-state index in [4.69, 9.17) is 0 Å². The lowest BCUT2D eigenvalue weighted by Crippen LogP contribution is -2.30. The molecule has 3 heteroatoms. The molecule has 0 saturated heterocycles. The molecule has 0 bridgehead atoms. The lowest BCUT2D eigenvalue weighted by atomic mass is 10.2. The van der Waals surface area contributed by atoms with Crippen molar-refractivity contribution >= 4 is 11.5 Å². The van der Waals surface area contributed by atoms with Crippen LogP contribution in [0.1, 0.15) is 19.8 Å². The first-order valence-electron chi connectivity index (χ1n) is 5.59. The highest BCUT2D eigenvalue weighted by atomic mass is 15.1. The number of nitrogens with one attached hydrogen (secondary N) is 1. The molecular weight excluding hydrogens is 186 g/mol. The van der Waals surface area contributed by atoms with Gasteiger partial charge in [-0.25, -0.2) is 4.98 Å². The molecule has 0 aromatic carbocycles. The average Bonchev–Trinajstić information content (AvgIpc) is 3.11. The molecule has 0 aliphatic heterocycles. The molecule has 3 nitrogen and oxygen atoms in total.